The molecule has 4 aromatic rings. The molecule has 9 heteroatoms. The summed E-state index contributed by atoms with van der Waals surface area (Å²) in [6.07, 6.45) is -0.336. The van der Waals surface area contributed by atoms with Crippen molar-refractivity contribution in [2.75, 3.05) is 13.6 Å². The van der Waals surface area contributed by atoms with Crippen molar-refractivity contribution in [3.63, 3.8) is 0 Å². The standard InChI is InChI=1S/C34H34N5O3.Na.H/c1-24-32-38(31(40)23-36(2)39(32)34(42)35-21-26-14-7-4-8-15-26)30(20-25-12-5-3-6-13-25)33(41)37(24)22-28-18-11-17-27-16-9-10-19-29(27)28;;/h4-19,24,30,32H,20-23H2,1-2H3,(H,35,42);;/t24-,30-,32?;;/m0../s1. The van der Waals surface area contributed by atoms with Crippen LogP contribution in [0.2, 0.25) is 0 Å². The predicted octanol–water partition coefficient (Wildman–Crippen LogP) is 3.56. The quantitative estimate of drug-likeness (QED) is 0.352. The van der Waals surface area contributed by atoms with Crippen LogP contribution in [0, 0.1) is 6.07 Å². The number of hydrogen-bond acceptors (Lipinski definition) is 4. The fourth-order valence-electron chi connectivity index (χ4n) is 6.22. The van der Waals surface area contributed by atoms with Crippen LogP contribution in [0.3, 0.4) is 0 Å². The first kappa shape index (κ1) is 30.8. The Balaban J connectivity index is 0.00000368. The molecule has 2 aliphatic heterocycles. The van der Waals surface area contributed by atoms with Gasteiger partial charge in [0.1, 0.15) is 12.2 Å². The van der Waals surface area contributed by atoms with Crippen LogP contribution in [0.5, 0.6) is 0 Å². The molecule has 2 aliphatic rings. The Morgan fingerprint density at radius 1 is 0.907 bits per heavy atom. The number of hydrazine groups is 1. The number of urea groups is 1. The summed E-state index contributed by atoms with van der Waals surface area (Å²) in [6.45, 7) is 2.64. The fraction of sp³-hybridized carbons (Fsp3) is 0.265. The van der Waals surface area contributed by atoms with Gasteiger partial charge in [0.2, 0.25) is 11.8 Å². The van der Waals surface area contributed by atoms with Gasteiger partial charge >= 0.3 is 35.6 Å². The van der Waals surface area contributed by atoms with Crippen molar-refractivity contribution in [3.8, 4) is 0 Å². The van der Waals surface area contributed by atoms with Gasteiger partial charge in [-0.15, -0.1) is 0 Å². The Morgan fingerprint density at radius 2 is 1.60 bits per heavy atom. The van der Waals surface area contributed by atoms with Gasteiger partial charge in [0.05, 0.1) is 12.6 Å². The molecule has 0 bridgehead atoms. The van der Waals surface area contributed by atoms with E-state index in [-0.39, 0.29) is 53.9 Å². The van der Waals surface area contributed by atoms with Crippen molar-refractivity contribution < 1.29 is 14.4 Å². The van der Waals surface area contributed by atoms with Crippen molar-refractivity contribution in [1.29, 1.82) is 0 Å². The van der Waals surface area contributed by atoms with E-state index in [2.05, 4.69) is 29.6 Å². The average Bonchev–Trinajstić information content (AvgIpc) is 3.01. The second-order valence-corrected chi connectivity index (χ2v) is 11.0. The molecule has 0 spiro atoms. The molecule has 215 valence electrons. The zero-order valence-corrected chi connectivity index (χ0v) is 23.8. The maximum atomic E-state index is 14.3. The third kappa shape index (κ3) is 6.19. The molecule has 0 saturated carbocycles. The molecule has 0 aromatic heterocycles. The van der Waals surface area contributed by atoms with Crippen LogP contribution in [0.4, 0.5) is 4.79 Å². The summed E-state index contributed by atoms with van der Waals surface area (Å²) >= 11 is 0. The van der Waals surface area contributed by atoms with E-state index in [1.165, 1.54) is 0 Å². The van der Waals surface area contributed by atoms with Gasteiger partial charge in [0.25, 0.3) is 0 Å². The molecule has 1 N–H and O–H groups in total. The molecule has 1 unspecified atom stereocenters. The monoisotopic (exact) mass is 584 g/mol. The normalized spacial score (nSPS) is 20.5. The van der Waals surface area contributed by atoms with Crippen molar-refractivity contribution >= 4 is 58.2 Å². The molecule has 0 aliphatic carbocycles. The van der Waals surface area contributed by atoms with Gasteiger partial charge in [-0.05, 0) is 40.5 Å². The van der Waals surface area contributed by atoms with Gasteiger partial charge in [-0.25, -0.2) is 14.8 Å². The maximum absolute atomic E-state index is 14.3. The summed E-state index contributed by atoms with van der Waals surface area (Å²) in [5.41, 5.74) is 2.92. The van der Waals surface area contributed by atoms with Gasteiger partial charge < -0.3 is 15.1 Å². The summed E-state index contributed by atoms with van der Waals surface area (Å²) < 4.78 is 0. The number of carbonyl (C=O) groups excluding carboxylic acids is 3. The van der Waals surface area contributed by atoms with Gasteiger partial charge in [-0.2, -0.15) is 0 Å². The molecule has 4 amide bonds. The molecule has 43 heavy (non-hydrogen) atoms. The summed E-state index contributed by atoms with van der Waals surface area (Å²) in [6, 6.07) is 32.9. The first-order chi connectivity index (χ1) is 20.4. The minimum atomic E-state index is -0.755. The van der Waals surface area contributed by atoms with E-state index < -0.39 is 18.2 Å². The minimum absolute atomic E-state index is 0. The van der Waals surface area contributed by atoms with Crippen LogP contribution in [0.1, 0.15) is 23.6 Å². The molecular formula is C34H35N5NaO3. The number of hydrogen-bond donors (Lipinski definition) is 1. The van der Waals surface area contributed by atoms with E-state index in [1.807, 2.05) is 90.7 Å². The van der Waals surface area contributed by atoms with Crippen LogP contribution < -0.4 is 5.32 Å². The van der Waals surface area contributed by atoms with E-state index in [1.54, 1.807) is 22.0 Å². The van der Waals surface area contributed by atoms with Crippen LogP contribution in [0.25, 0.3) is 10.8 Å². The number of fused-ring (bicyclic) bond motifs is 2. The predicted molar refractivity (Wildman–Crippen MR) is 168 cm³/mol. The third-order valence-corrected chi connectivity index (χ3v) is 8.31. The van der Waals surface area contributed by atoms with Crippen LogP contribution in [-0.2, 0) is 29.1 Å². The molecule has 2 heterocycles. The van der Waals surface area contributed by atoms with E-state index in [0.29, 0.717) is 19.5 Å². The van der Waals surface area contributed by atoms with Crippen molar-refractivity contribution in [2.24, 2.45) is 0 Å². The number of rotatable bonds is 6. The molecule has 3 atom stereocenters. The first-order valence-electron chi connectivity index (χ1n) is 14.3. The molecule has 2 saturated heterocycles. The second-order valence-electron chi connectivity index (χ2n) is 11.0. The van der Waals surface area contributed by atoms with E-state index >= 15 is 0 Å². The van der Waals surface area contributed by atoms with Crippen LogP contribution in [0.15, 0.2) is 97.1 Å². The number of piperazine rings is 1. The number of nitrogens with zero attached hydrogens (tertiary/aromatic N) is 4. The molecule has 1 radical (unpaired) electrons. The van der Waals surface area contributed by atoms with Gasteiger partial charge in [0.15, 0.2) is 0 Å². The SMILES string of the molecule is C[C@H]1C2N(C(=O)CN(C)N2C(=O)NCc2ccccc2)[C@@H](Cc2cc[c]cc2)C(=O)N1Cc1cccc2ccccc12.[NaH]. The fourth-order valence-corrected chi connectivity index (χ4v) is 6.22. The third-order valence-electron chi connectivity index (χ3n) is 8.31. The second kappa shape index (κ2) is 13.3. The van der Waals surface area contributed by atoms with Gasteiger partial charge in [-0.1, -0.05) is 97.1 Å². The number of likely N-dealkylation sites (N-methyl/N-ethyl adjacent to an activating group) is 1. The van der Waals surface area contributed by atoms with E-state index in [9.17, 15) is 14.4 Å². The molecule has 4 aromatic carbocycles. The van der Waals surface area contributed by atoms with Crippen molar-refractivity contribution in [3.05, 3.63) is 120 Å². The summed E-state index contributed by atoms with van der Waals surface area (Å²) in [4.78, 5) is 45.3. The Hall–Kier alpha value is -3.69. The Bertz CT molecular complexity index is 1600. The molecule has 6 rings (SSSR count). The zero-order chi connectivity index (χ0) is 29.2. The van der Waals surface area contributed by atoms with E-state index in [0.717, 1.165) is 27.5 Å². The summed E-state index contributed by atoms with van der Waals surface area (Å²) in [7, 11) is 1.75. The summed E-state index contributed by atoms with van der Waals surface area (Å²) in [5, 5.41) is 8.49. The van der Waals surface area contributed by atoms with E-state index in [4.69, 9.17) is 0 Å². The van der Waals surface area contributed by atoms with Gasteiger partial charge in [0, 0.05) is 26.6 Å². The van der Waals surface area contributed by atoms with Crippen molar-refractivity contribution in [2.45, 2.75) is 44.7 Å². The molecular weight excluding hydrogens is 549 g/mol. The Morgan fingerprint density at radius 3 is 2.37 bits per heavy atom. The Kier molecular flexibility index (Phi) is 9.52. The Labute approximate surface area is 274 Å². The van der Waals surface area contributed by atoms with Crippen LogP contribution in [-0.4, -0.2) is 99.1 Å². The zero-order valence-electron chi connectivity index (χ0n) is 23.8. The molecule has 8 nitrogen and oxygen atoms in total. The summed E-state index contributed by atoms with van der Waals surface area (Å²) in [5.74, 6) is -0.297. The first-order valence-corrected chi connectivity index (χ1v) is 14.3. The molecule has 2 fully saturated rings. The number of nitrogens with one attached hydrogen (secondary N) is 1. The van der Waals surface area contributed by atoms with Gasteiger partial charge in [-0.3, -0.25) is 9.59 Å². The van der Waals surface area contributed by atoms with Crippen molar-refractivity contribution in [1.82, 2.24) is 25.1 Å². The number of benzene rings is 4. The average molecular weight is 585 g/mol. The topological polar surface area (TPSA) is 76.2 Å². The number of amides is 4. The number of carbonyl (C=O) groups is 3. The van der Waals surface area contributed by atoms with Crippen LogP contribution >= 0.6 is 0 Å².